The number of nitrogens with one attached hydrogen (secondary N) is 1. The van der Waals surface area contributed by atoms with Gasteiger partial charge >= 0.3 is 0 Å². The fourth-order valence-corrected chi connectivity index (χ4v) is 1.88. The smallest absolute Gasteiger partial charge is 0.295 e. The van der Waals surface area contributed by atoms with Gasteiger partial charge in [-0.25, -0.2) is 9.50 Å². The first-order valence-corrected chi connectivity index (χ1v) is 6.37. The second-order valence-corrected chi connectivity index (χ2v) is 4.54. The predicted molar refractivity (Wildman–Crippen MR) is 75.8 cm³/mol. The normalized spacial score (nSPS) is 10.8. The van der Waals surface area contributed by atoms with Crippen LogP contribution >= 0.6 is 0 Å². The fourth-order valence-electron chi connectivity index (χ4n) is 1.88. The molecule has 0 radical (unpaired) electrons. The lowest BCUT2D eigenvalue weighted by molar-refractivity contribution is 0.101. The Morgan fingerprint density at radius 3 is 2.71 bits per heavy atom. The highest BCUT2D eigenvalue weighted by atomic mass is 16.3. The van der Waals surface area contributed by atoms with Gasteiger partial charge in [-0.1, -0.05) is 12.1 Å². The second kappa shape index (κ2) is 5.29. The quantitative estimate of drug-likeness (QED) is 0.753. The van der Waals surface area contributed by atoms with E-state index >= 15 is 0 Å². The zero-order valence-corrected chi connectivity index (χ0v) is 11.3. The van der Waals surface area contributed by atoms with Crippen LogP contribution in [-0.4, -0.2) is 30.6 Å². The minimum Gasteiger partial charge on any atom is -0.392 e. The summed E-state index contributed by atoms with van der Waals surface area (Å²) in [5, 5.41) is 15.8. The van der Waals surface area contributed by atoms with Gasteiger partial charge in [-0.2, -0.15) is 4.98 Å². The molecule has 1 amide bonds. The van der Waals surface area contributed by atoms with Crippen molar-refractivity contribution in [1.29, 1.82) is 0 Å². The number of aliphatic hydroxyl groups excluding tert-OH is 1. The molecule has 3 rings (SSSR count). The summed E-state index contributed by atoms with van der Waals surface area (Å²) in [4.78, 5) is 20.3. The predicted octanol–water partition coefficient (Wildman–Crippen LogP) is 1.18. The van der Waals surface area contributed by atoms with Crippen molar-refractivity contribution in [2.24, 2.45) is 0 Å². The standard InChI is InChI=1S/C14H13N5O2/c1-9-6-7-15-14-17-12(18-19(9)14)13(21)16-11-4-2-10(8-20)3-5-11/h2-7,20H,8H2,1H3,(H,16,21). The van der Waals surface area contributed by atoms with Crippen LogP contribution in [0.1, 0.15) is 21.9 Å². The van der Waals surface area contributed by atoms with Gasteiger partial charge < -0.3 is 10.4 Å². The van der Waals surface area contributed by atoms with Crippen LogP contribution in [0.25, 0.3) is 5.78 Å². The minimum absolute atomic E-state index is 0.0346. The highest BCUT2D eigenvalue weighted by Crippen LogP contribution is 2.11. The van der Waals surface area contributed by atoms with Crippen LogP contribution in [0.15, 0.2) is 36.5 Å². The molecule has 0 bridgehead atoms. The van der Waals surface area contributed by atoms with Crippen molar-refractivity contribution >= 4 is 17.4 Å². The Morgan fingerprint density at radius 1 is 1.29 bits per heavy atom. The molecule has 0 aliphatic heterocycles. The molecule has 21 heavy (non-hydrogen) atoms. The number of carbonyl (C=O) groups excluding carboxylic acids is 1. The maximum absolute atomic E-state index is 12.1. The van der Waals surface area contributed by atoms with Crippen LogP contribution in [0.3, 0.4) is 0 Å². The topological polar surface area (TPSA) is 92.4 Å². The SMILES string of the molecule is Cc1ccnc2nc(C(=O)Nc3ccc(CO)cc3)nn12. The summed E-state index contributed by atoms with van der Waals surface area (Å²) in [6.07, 6.45) is 1.62. The van der Waals surface area contributed by atoms with Crippen molar-refractivity contribution in [3.8, 4) is 0 Å². The van der Waals surface area contributed by atoms with Gasteiger partial charge in [0.1, 0.15) is 0 Å². The molecule has 0 saturated heterocycles. The molecular weight excluding hydrogens is 270 g/mol. The van der Waals surface area contributed by atoms with Crippen LogP contribution in [0.2, 0.25) is 0 Å². The molecule has 1 aromatic carbocycles. The average molecular weight is 283 g/mol. The maximum atomic E-state index is 12.1. The number of amides is 1. The van der Waals surface area contributed by atoms with Gasteiger partial charge in [0.2, 0.25) is 5.82 Å². The van der Waals surface area contributed by atoms with E-state index in [9.17, 15) is 4.79 Å². The van der Waals surface area contributed by atoms with Gasteiger partial charge in [0, 0.05) is 17.6 Å². The first-order valence-electron chi connectivity index (χ1n) is 6.37. The third-order valence-electron chi connectivity index (χ3n) is 3.03. The molecule has 0 aliphatic carbocycles. The van der Waals surface area contributed by atoms with E-state index in [1.54, 1.807) is 36.5 Å². The molecule has 2 aromatic heterocycles. The molecule has 3 aromatic rings. The maximum Gasteiger partial charge on any atom is 0.295 e. The molecule has 2 heterocycles. The van der Waals surface area contributed by atoms with E-state index in [1.165, 1.54) is 4.52 Å². The number of anilines is 1. The summed E-state index contributed by atoms with van der Waals surface area (Å²) in [6, 6.07) is 8.68. The molecule has 0 saturated carbocycles. The van der Waals surface area contributed by atoms with Gasteiger partial charge in [-0.3, -0.25) is 4.79 Å². The van der Waals surface area contributed by atoms with E-state index < -0.39 is 5.91 Å². The number of benzene rings is 1. The van der Waals surface area contributed by atoms with Crippen LogP contribution in [0, 0.1) is 6.92 Å². The third-order valence-corrected chi connectivity index (χ3v) is 3.03. The zero-order valence-electron chi connectivity index (χ0n) is 11.3. The van der Waals surface area contributed by atoms with Gasteiger partial charge in [0.15, 0.2) is 0 Å². The molecule has 7 heteroatoms. The second-order valence-electron chi connectivity index (χ2n) is 4.54. The van der Waals surface area contributed by atoms with E-state index in [-0.39, 0.29) is 12.4 Å². The monoisotopic (exact) mass is 283 g/mol. The van der Waals surface area contributed by atoms with E-state index in [0.717, 1.165) is 11.3 Å². The summed E-state index contributed by atoms with van der Waals surface area (Å²) < 4.78 is 1.52. The Balaban J connectivity index is 1.84. The number of aryl methyl sites for hydroxylation is 1. The number of carbonyl (C=O) groups is 1. The highest BCUT2D eigenvalue weighted by Gasteiger charge is 2.14. The molecule has 0 spiro atoms. The van der Waals surface area contributed by atoms with Crippen molar-refractivity contribution in [3.63, 3.8) is 0 Å². The third kappa shape index (κ3) is 2.59. The summed E-state index contributed by atoms with van der Waals surface area (Å²) in [7, 11) is 0. The molecule has 0 fully saturated rings. The lowest BCUT2D eigenvalue weighted by Gasteiger charge is -2.03. The van der Waals surface area contributed by atoms with Crippen molar-refractivity contribution in [1.82, 2.24) is 19.6 Å². The Morgan fingerprint density at radius 2 is 2.05 bits per heavy atom. The van der Waals surface area contributed by atoms with Gasteiger partial charge in [0.25, 0.3) is 11.7 Å². The van der Waals surface area contributed by atoms with Crippen LogP contribution in [0.4, 0.5) is 5.69 Å². The summed E-state index contributed by atoms with van der Waals surface area (Å²) in [5.74, 6) is 0.0375. The summed E-state index contributed by atoms with van der Waals surface area (Å²) in [6.45, 7) is 1.83. The van der Waals surface area contributed by atoms with Crippen molar-refractivity contribution in [2.75, 3.05) is 5.32 Å². The molecule has 0 unspecified atom stereocenters. The number of nitrogens with zero attached hydrogens (tertiary/aromatic N) is 4. The first-order chi connectivity index (χ1) is 10.2. The number of aliphatic hydroxyl groups is 1. The molecule has 7 nitrogen and oxygen atoms in total. The lowest BCUT2D eigenvalue weighted by Crippen LogP contribution is -2.14. The lowest BCUT2D eigenvalue weighted by atomic mass is 10.2. The van der Waals surface area contributed by atoms with Crippen molar-refractivity contribution < 1.29 is 9.90 Å². The highest BCUT2D eigenvalue weighted by molar-refractivity contribution is 6.01. The average Bonchev–Trinajstić information content (AvgIpc) is 2.94. The van der Waals surface area contributed by atoms with Crippen LogP contribution in [0.5, 0.6) is 0 Å². The number of aromatic nitrogens is 4. The van der Waals surface area contributed by atoms with Gasteiger partial charge in [-0.15, -0.1) is 5.10 Å². The summed E-state index contributed by atoms with van der Waals surface area (Å²) in [5.41, 5.74) is 2.23. The largest absolute Gasteiger partial charge is 0.392 e. The van der Waals surface area contributed by atoms with E-state index in [2.05, 4.69) is 20.4 Å². The number of hydrogen-bond donors (Lipinski definition) is 2. The summed E-state index contributed by atoms with van der Waals surface area (Å²) >= 11 is 0. The minimum atomic E-state index is -0.406. The number of fused-ring (bicyclic) bond motifs is 1. The van der Waals surface area contributed by atoms with E-state index in [1.807, 2.05) is 6.92 Å². The molecule has 2 N–H and O–H groups in total. The van der Waals surface area contributed by atoms with Crippen LogP contribution < -0.4 is 5.32 Å². The number of rotatable bonds is 3. The van der Waals surface area contributed by atoms with Crippen molar-refractivity contribution in [2.45, 2.75) is 13.5 Å². The van der Waals surface area contributed by atoms with E-state index in [0.29, 0.717) is 11.5 Å². The van der Waals surface area contributed by atoms with Gasteiger partial charge in [0.05, 0.1) is 6.61 Å². The Hall–Kier alpha value is -2.80. The van der Waals surface area contributed by atoms with Gasteiger partial charge in [-0.05, 0) is 30.7 Å². The molecule has 0 atom stereocenters. The number of hydrogen-bond acceptors (Lipinski definition) is 5. The van der Waals surface area contributed by atoms with E-state index in [4.69, 9.17) is 5.11 Å². The Bertz CT molecular complexity index is 795. The molecular formula is C14H13N5O2. The van der Waals surface area contributed by atoms with Crippen LogP contribution in [-0.2, 0) is 6.61 Å². The zero-order chi connectivity index (χ0) is 14.8. The molecule has 0 aliphatic rings. The Kier molecular flexibility index (Phi) is 3.33. The van der Waals surface area contributed by atoms with Crippen molar-refractivity contribution in [3.05, 3.63) is 53.6 Å². The molecule has 106 valence electrons. The fraction of sp³-hybridized carbons (Fsp3) is 0.143. The first kappa shape index (κ1) is 13.2. The Labute approximate surface area is 120 Å².